The van der Waals surface area contributed by atoms with Crippen LogP contribution in [0.2, 0.25) is 0 Å². The van der Waals surface area contributed by atoms with Crippen LogP contribution < -0.4 is 0 Å². The first-order valence-electron chi connectivity index (χ1n) is 6.17. The predicted molar refractivity (Wildman–Crippen MR) is 86.0 cm³/mol. The van der Waals surface area contributed by atoms with Gasteiger partial charge in [0, 0.05) is 16.7 Å². The number of rotatable bonds is 1. The molecule has 2 aromatic rings. The Hall–Kier alpha value is -1.00. The van der Waals surface area contributed by atoms with Crippen molar-refractivity contribution in [3.63, 3.8) is 0 Å². The zero-order chi connectivity index (χ0) is 14.2. The van der Waals surface area contributed by atoms with Gasteiger partial charge in [0.15, 0.2) is 0 Å². The van der Waals surface area contributed by atoms with Gasteiger partial charge >= 0.3 is 0 Å². The number of aromatic amines is 1. The SMILES string of the molecule is Cc1ccccc1-c1nc(=S)c(Br)c(C(C)(C)C)[nH]1. The highest BCUT2D eigenvalue weighted by molar-refractivity contribution is 9.10. The molecule has 1 aromatic heterocycles. The Morgan fingerprint density at radius 3 is 2.42 bits per heavy atom. The van der Waals surface area contributed by atoms with Crippen LogP contribution in [0, 0.1) is 11.6 Å². The van der Waals surface area contributed by atoms with Gasteiger partial charge in [-0.3, -0.25) is 0 Å². The summed E-state index contributed by atoms with van der Waals surface area (Å²) in [6.07, 6.45) is 0. The quantitative estimate of drug-likeness (QED) is 0.727. The average molecular weight is 337 g/mol. The molecule has 1 aromatic carbocycles. The first-order valence-corrected chi connectivity index (χ1v) is 7.37. The number of hydrogen-bond acceptors (Lipinski definition) is 2. The molecular formula is C15H17BrN2S. The largest absolute Gasteiger partial charge is 0.342 e. The molecule has 0 unspecified atom stereocenters. The van der Waals surface area contributed by atoms with Gasteiger partial charge in [-0.2, -0.15) is 0 Å². The molecule has 0 radical (unpaired) electrons. The van der Waals surface area contributed by atoms with E-state index in [1.54, 1.807) is 0 Å². The van der Waals surface area contributed by atoms with Crippen molar-refractivity contribution in [2.75, 3.05) is 0 Å². The van der Waals surface area contributed by atoms with E-state index in [0.29, 0.717) is 4.64 Å². The topological polar surface area (TPSA) is 28.7 Å². The predicted octanol–water partition coefficient (Wildman–Crippen LogP) is 5.17. The monoisotopic (exact) mass is 336 g/mol. The zero-order valence-electron chi connectivity index (χ0n) is 11.5. The van der Waals surface area contributed by atoms with Crippen LogP contribution in [0.4, 0.5) is 0 Å². The van der Waals surface area contributed by atoms with E-state index in [-0.39, 0.29) is 5.41 Å². The summed E-state index contributed by atoms with van der Waals surface area (Å²) < 4.78 is 1.48. The first-order chi connectivity index (χ1) is 8.80. The van der Waals surface area contributed by atoms with Crippen LogP contribution in [0.1, 0.15) is 32.0 Å². The van der Waals surface area contributed by atoms with Gasteiger partial charge < -0.3 is 4.98 Å². The van der Waals surface area contributed by atoms with Crippen LogP contribution in [0.15, 0.2) is 28.7 Å². The standard InChI is InChI=1S/C15H17BrN2S/c1-9-7-5-6-8-10(9)13-17-12(15(2,3)4)11(16)14(19)18-13/h5-8H,1-4H3,(H,17,18,19). The molecule has 4 heteroatoms. The number of aromatic nitrogens is 2. The molecule has 0 aliphatic carbocycles. The lowest BCUT2D eigenvalue weighted by molar-refractivity contribution is 0.563. The lowest BCUT2D eigenvalue weighted by Gasteiger charge is -2.21. The van der Waals surface area contributed by atoms with Gasteiger partial charge in [-0.1, -0.05) is 57.3 Å². The minimum Gasteiger partial charge on any atom is -0.342 e. The minimum absolute atomic E-state index is 0.0211. The number of hydrogen-bond donors (Lipinski definition) is 1. The van der Waals surface area contributed by atoms with E-state index in [1.807, 2.05) is 12.1 Å². The van der Waals surface area contributed by atoms with Crippen molar-refractivity contribution in [3.8, 4) is 11.4 Å². The minimum atomic E-state index is -0.0211. The van der Waals surface area contributed by atoms with Gasteiger partial charge in [-0.15, -0.1) is 0 Å². The Labute approximate surface area is 127 Å². The molecule has 0 aliphatic heterocycles. The highest BCUT2D eigenvalue weighted by Gasteiger charge is 2.20. The molecule has 2 rings (SSSR count). The highest BCUT2D eigenvalue weighted by Crippen LogP contribution is 2.30. The number of halogens is 1. The van der Waals surface area contributed by atoms with Gasteiger partial charge in [0.2, 0.25) is 0 Å². The highest BCUT2D eigenvalue weighted by atomic mass is 79.9. The van der Waals surface area contributed by atoms with E-state index in [4.69, 9.17) is 12.2 Å². The molecule has 0 amide bonds. The average Bonchev–Trinajstić information content (AvgIpc) is 2.31. The Balaban J connectivity index is 2.71. The molecule has 19 heavy (non-hydrogen) atoms. The molecule has 1 heterocycles. The van der Waals surface area contributed by atoms with Crippen LogP contribution in [0.5, 0.6) is 0 Å². The van der Waals surface area contributed by atoms with E-state index >= 15 is 0 Å². The summed E-state index contributed by atoms with van der Waals surface area (Å²) in [5.74, 6) is 0.830. The van der Waals surface area contributed by atoms with Crippen molar-refractivity contribution in [3.05, 3.63) is 44.6 Å². The lowest BCUT2D eigenvalue weighted by atomic mass is 9.92. The normalized spacial score (nSPS) is 11.6. The summed E-state index contributed by atoms with van der Waals surface area (Å²) in [7, 11) is 0. The molecule has 1 N–H and O–H groups in total. The van der Waals surface area contributed by atoms with E-state index < -0.39 is 0 Å². The second-order valence-electron chi connectivity index (χ2n) is 5.64. The molecule has 0 bridgehead atoms. The molecule has 0 aliphatic rings. The number of nitrogens with one attached hydrogen (secondary N) is 1. The van der Waals surface area contributed by atoms with Crippen LogP contribution in [-0.4, -0.2) is 9.97 Å². The number of H-pyrrole nitrogens is 1. The summed E-state index contributed by atoms with van der Waals surface area (Å²) in [4.78, 5) is 7.92. The summed E-state index contributed by atoms with van der Waals surface area (Å²) in [6, 6.07) is 8.17. The molecular weight excluding hydrogens is 320 g/mol. The molecule has 0 saturated heterocycles. The number of aryl methyl sites for hydroxylation is 1. The van der Waals surface area contributed by atoms with Crippen molar-refractivity contribution >= 4 is 28.1 Å². The zero-order valence-corrected chi connectivity index (χ0v) is 13.9. The van der Waals surface area contributed by atoms with Gasteiger partial charge in [-0.25, -0.2) is 4.98 Å². The Bertz CT molecular complexity index is 669. The smallest absolute Gasteiger partial charge is 0.144 e. The van der Waals surface area contributed by atoms with E-state index in [9.17, 15) is 0 Å². The second-order valence-corrected chi connectivity index (χ2v) is 6.82. The van der Waals surface area contributed by atoms with Crippen LogP contribution in [-0.2, 0) is 5.41 Å². The summed E-state index contributed by atoms with van der Waals surface area (Å²) in [5, 5.41) is 0. The summed E-state index contributed by atoms with van der Waals surface area (Å²) in [5.41, 5.74) is 3.33. The summed E-state index contributed by atoms with van der Waals surface area (Å²) in [6.45, 7) is 8.53. The molecule has 0 saturated carbocycles. The van der Waals surface area contributed by atoms with Crippen LogP contribution in [0.3, 0.4) is 0 Å². The molecule has 2 nitrogen and oxygen atoms in total. The third kappa shape index (κ3) is 2.95. The van der Waals surface area contributed by atoms with E-state index in [1.165, 1.54) is 5.56 Å². The first kappa shape index (κ1) is 14.4. The van der Waals surface area contributed by atoms with Crippen LogP contribution >= 0.6 is 28.1 Å². The lowest BCUT2D eigenvalue weighted by Crippen LogP contribution is -2.16. The van der Waals surface area contributed by atoms with Crippen molar-refractivity contribution in [1.82, 2.24) is 9.97 Å². The van der Waals surface area contributed by atoms with Gasteiger partial charge in [0.1, 0.15) is 10.5 Å². The fraction of sp³-hybridized carbons (Fsp3) is 0.333. The third-order valence-corrected chi connectivity index (χ3v) is 4.34. The van der Waals surface area contributed by atoms with Gasteiger partial charge in [0.05, 0.1) is 4.47 Å². The van der Waals surface area contributed by atoms with Gasteiger partial charge in [0.25, 0.3) is 0 Å². The van der Waals surface area contributed by atoms with Crippen LogP contribution in [0.25, 0.3) is 11.4 Å². The number of nitrogens with zero attached hydrogens (tertiary/aromatic N) is 1. The molecule has 0 fully saturated rings. The van der Waals surface area contributed by atoms with Gasteiger partial charge in [-0.05, 0) is 28.4 Å². The fourth-order valence-electron chi connectivity index (χ4n) is 1.94. The Morgan fingerprint density at radius 2 is 1.84 bits per heavy atom. The Kier molecular flexibility index (Phi) is 3.92. The van der Waals surface area contributed by atoms with E-state index in [2.05, 4.69) is 65.7 Å². The van der Waals surface area contributed by atoms with Crippen molar-refractivity contribution < 1.29 is 0 Å². The third-order valence-electron chi connectivity index (χ3n) is 3.01. The molecule has 100 valence electrons. The maximum Gasteiger partial charge on any atom is 0.144 e. The molecule has 0 atom stereocenters. The van der Waals surface area contributed by atoms with Crippen molar-refractivity contribution in [2.45, 2.75) is 33.1 Å². The Morgan fingerprint density at radius 1 is 1.21 bits per heavy atom. The number of benzene rings is 1. The molecule has 0 spiro atoms. The maximum absolute atomic E-state index is 5.36. The van der Waals surface area contributed by atoms with Crippen molar-refractivity contribution in [2.24, 2.45) is 0 Å². The van der Waals surface area contributed by atoms with Crippen molar-refractivity contribution in [1.29, 1.82) is 0 Å². The van der Waals surface area contributed by atoms with E-state index in [0.717, 1.165) is 21.6 Å². The maximum atomic E-state index is 5.36. The fourth-order valence-corrected chi connectivity index (χ4v) is 2.92. The summed E-state index contributed by atoms with van der Waals surface area (Å²) >= 11 is 8.91. The second kappa shape index (κ2) is 5.17.